The van der Waals surface area contributed by atoms with Crippen LogP contribution in [0.15, 0.2) is 23.1 Å². The van der Waals surface area contributed by atoms with Gasteiger partial charge in [0.25, 0.3) is 5.91 Å². The zero-order valence-electron chi connectivity index (χ0n) is 13.7. The number of carboxylic acids is 1. The first kappa shape index (κ1) is 17.8. The maximum Gasteiger partial charge on any atom is 0.266 e. The predicted molar refractivity (Wildman–Crippen MR) is 95.8 cm³/mol. The number of ether oxygens (including phenoxy) is 2. The fourth-order valence-electron chi connectivity index (χ4n) is 2.66. The van der Waals surface area contributed by atoms with Gasteiger partial charge in [-0.3, -0.25) is 9.69 Å². The Balaban J connectivity index is 1.86. The Labute approximate surface area is 154 Å². The summed E-state index contributed by atoms with van der Waals surface area (Å²) in [6.45, 7) is 3.94. The monoisotopic (exact) mass is 378 g/mol. The zero-order chi connectivity index (χ0) is 18.1. The van der Waals surface area contributed by atoms with Crippen LogP contribution in [0, 0.1) is 5.92 Å². The highest BCUT2D eigenvalue weighted by molar-refractivity contribution is 8.26. The number of thioether (sulfide) groups is 1. The fraction of sp³-hybridized carbons (Fsp3) is 0.353. The first-order valence-corrected chi connectivity index (χ1v) is 8.97. The number of aliphatic carboxylic acids is 1. The van der Waals surface area contributed by atoms with Crippen molar-refractivity contribution in [3.05, 3.63) is 28.7 Å². The molecule has 132 valence electrons. The highest BCUT2D eigenvalue weighted by Gasteiger charge is 2.38. The summed E-state index contributed by atoms with van der Waals surface area (Å²) in [5.74, 6) is -0.363. The molecule has 0 N–H and O–H groups in total. The normalized spacial score (nSPS) is 19.2. The molecule has 2 heterocycles. The van der Waals surface area contributed by atoms with Gasteiger partial charge in [-0.25, -0.2) is 0 Å². The molecule has 2 aliphatic rings. The largest absolute Gasteiger partial charge is 0.548 e. The van der Waals surface area contributed by atoms with Gasteiger partial charge in [0.1, 0.15) is 4.32 Å². The lowest BCUT2D eigenvalue weighted by Gasteiger charge is -2.28. The van der Waals surface area contributed by atoms with Gasteiger partial charge in [-0.2, -0.15) is 0 Å². The fourth-order valence-corrected chi connectivity index (χ4v) is 4.01. The summed E-state index contributed by atoms with van der Waals surface area (Å²) in [6, 6.07) is 4.26. The van der Waals surface area contributed by atoms with Gasteiger partial charge in [0.05, 0.1) is 16.9 Å². The van der Waals surface area contributed by atoms with E-state index in [1.807, 2.05) is 13.8 Å². The Morgan fingerprint density at radius 1 is 1.40 bits per heavy atom. The summed E-state index contributed by atoms with van der Waals surface area (Å²) in [5.41, 5.74) is 0.749. The molecule has 1 saturated heterocycles. The Bertz CT molecular complexity index is 774. The number of hydrogen-bond acceptors (Lipinski definition) is 7. The van der Waals surface area contributed by atoms with Crippen molar-refractivity contribution in [2.75, 3.05) is 6.79 Å². The summed E-state index contributed by atoms with van der Waals surface area (Å²) < 4.78 is 10.8. The predicted octanol–water partition coefficient (Wildman–Crippen LogP) is 1.78. The molecule has 0 spiro atoms. The van der Waals surface area contributed by atoms with Gasteiger partial charge >= 0.3 is 0 Å². The average Bonchev–Trinajstić information content (AvgIpc) is 3.10. The quantitative estimate of drug-likeness (QED) is 0.571. The van der Waals surface area contributed by atoms with Crippen LogP contribution >= 0.6 is 24.0 Å². The molecule has 8 heteroatoms. The average molecular weight is 378 g/mol. The lowest BCUT2D eigenvalue weighted by Crippen LogP contribution is -2.50. The minimum Gasteiger partial charge on any atom is -0.548 e. The Kier molecular flexibility index (Phi) is 5.01. The van der Waals surface area contributed by atoms with Crippen molar-refractivity contribution in [1.29, 1.82) is 0 Å². The van der Waals surface area contributed by atoms with E-state index < -0.39 is 17.9 Å². The molecule has 0 bridgehead atoms. The molecule has 0 aromatic heterocycles. The van der Waals surface area contributed by atoms with Crippen molar-refractivity contribution < 1.29 is 24.2 Å². The molecule has 1 fully saturated rings. The Hall–Kier alpha value is -2.06. The van der Waals surface area contributed by atoms with Crippen LogP contribution < -0.4 is 14.6 Å². The standard InChI is InChI=1S/C17H17NO5S2/c1-9(2)5-11(16(20)21)18-15(19)14(25-17(18)24)7-10-3-4-12-13(6-10)23-8-22-12/h3-4,6-7,9,11H,5,8H2,1-2H3,(H,20,21)/p-1/b14-7-/t11-/m0/s1. The van der Waals surface area contributed by atoms with Gasteiger partial charge in [-0.1, -0.05) is 43.9 Å². The van der Waals surface area contributed by atoms with E-state index in [2.05, 4.69) is 0 Å². The molecule has 3 rings (SSSR count). The third kappa shape index (κ3) is 3.64. The topological polar surface area (TPSA) is 78.9 Å². The highest BCUT2D eigenvalue weighted by atomic mass is 32.2. The van der Waals surface area contributed by atoms with Crippen LogP contribution in [0.3, 0.4) is 0 Å². The smallest absolute Gasteiger partial charge is 0.266 e. The molecule has 1 amide bonds. The van der Waals surface area contributed by atoms with Crippen molar-refractivity contribution in [3.63, 3.8) is 0 Å². The van der Waals surface area contributed by atoms with Gasteiger partial charge in [-0.05, 0) is 36.1 Å². The Morgan fingerprint density at radius 2 is 2.12 bits per heavy atom. The summed E-state index contributed by atoms with van der Waals surface area (Å²) >= 11 is 6.32. The van der Waals surface area contributed by atoms with Gasteiger partial charge < -0.3 is 19.4 Å². The van der Waals surface area contributed by atoms with E-state index in [9.17, 15) is 14.7 Å². The summed E-state index contributed by atoms with van der Waals surface area (Å²) in [7, 11) is 0. The number of thiocarbonyl (C=S) groups is 1. The van der Waals surface area contributed by atoms with Crippen molar-refractivity contribution in [2.45, 2.75) is 26.3 Å². The van der Waals surface area contributed by atoms with Crippen molar-refractivity contribution >= 4 is 46.3 Å². The second-order valence-corrected chi connectivity index (χ2v) is 7.80. The second-order valence-electron chi connectivity index (χ2n) is 6.13. The molecule has 6 nitrogen and oxygen atoms in total. The SMILES string of the molecule is CC(C)C[C@@H](C(=O)[O-])N1C(=O)/C(=C/c2ccc3c(c2)OCO3)SC1=S. The van der Waals surface area contributed by atoms with E-state index in [4.69, 9.17) is 21.7 Å². The van der Waals surface area contributed by atoms with Crippen LogP contribution in [0.25, 0.3) is 6.08 Å². The molecule has 1 aromatic rings. The van der Waals surface area contributed by atoms with Crippen molar-refractivity contribution in [2.24, 2.45) is 5.92 Å². The van der Waals surface area contributed by atoms with E-state index in [0.29, 0.717) is 16.4 Å². The van der Waals surface area contributed by atoms with Crippen LogP contribution in [-0.4, -0.2) is 33.9 Å². The minimum atomic E-state index is -1.30. The van der Waals surface area contributed by atoms with Gasteiger partial charge in [-0.15, -0.1) is 0 Å². The molecule has 1 aromatic carbocycles. The number of carboxylic acid groups (broad SMARTS) is 1. The van der Waals surface area contributed by atoms with Crippen LogP contribution in [0.5, 0.6) is 11.5 Å². The third-order valence-electron chi connectivity index (χ3n) is 3.80. The molecule has 0 aliphatic carbocycles. The van der Waals surface area contributed by atoms with E-state index in [1.54, 1.807) is 24.3 Å². The molecule has 0 unspecified atom stereocenters. The summed E-state index contributed by atoms with van der Waals surface area (Å²) in [4.78, 5) is 25.7. The van der Waals surface area contributed by atoms with Crippen LogP contribution in [-0.2, 0) is 9.59 Å². The lowest BCUT2D eigenvalue weighted by molar-refractivity contribution is -0.310. The summed E-state index contributed by atoms with van der Waals surface area (Å²) in [5, 5.41) is 11.5. The minimum absolute atomic E-state index is 0.0883. The maximum absolute atomic E-state index is 12.7. The molecule has 2 aliphatic heterocycles. The number of carbonyl (C=O) groups excluding carboxylic acids is 2. The number of rotatable bonds is 5. The second kappa shape index (κ2) is 7.05. The molecular formula is C17H16NO5S2-. The van der Waals surface area contributed by atoms with E-state index in [0.717, 1.165) is 22.2 Å². The molecular weight excluding hydrogens is 362 g/mol. The van der Waals surface area contributed by atoms with Crippen molar-refractivity contribution in [3.8, 4) is 11.5 Å². The van der Waals surface area contributed by atoms with E-state index in [1.165, 1.54) is 0 Å². The number of nitrogens with zero attached hydrogens (tertiary/aromatic N) is 1. The van der Waals surface area contributed by atoms with Crippen LogP contribution in [0.1, 0.15) is 25.8 Å². The molecule has 1 atom stereocenters. The van der Waals surface area contributed by atoms with Gasteiger partial charge in [0.2, 0.25) is 6.79 Å². The van der Waals surface area contributed by atoms with E-state index >= 15 is 0 Å². The number of carbonyl (C=O) groups is 2. The van der Waals surface area contributed by atoms with E-state index in [-0.39, 0.29) is 23.5 Å². The molecule has 25 heavy (non-hydrogen) atoms. The maximum atomic E-state index is 12.7. The zero-order valence-corrected chi connectivity index (χ0v) is 15.3. The van der Waals surface area contributed by atoms with Crippen LogP contribution in [0.2, 0.25) is 0 Å². The number of amides is 1. The first-order chi connectivity index (χ1) is 11.9. The lowest BCUT2D eigenvalue weighted by atomic mass is 10.0. The third-order valence-corrected chi connectivity index (χ3v) is 5.13. The first-order valence-electron chi connectivity index (χ1n) is 7.74. The molecule has 0 saturated carbocycles. The molecule has 0 radical (unpaired) electrons. The summed E-state index contributed by atoms with van der Waals surface area (Å²) in [6.07, 6.45) is 1.95. The highest BCUT2D eigenvalue weighted by Crippen LogP contribution is 2.37. The number of hydrogen-bond donors (Lipinski definition) is 0. The van der Waals surface area contributed by atoms with Gasteiger partial charge in [0.15, 0.2) is 11.5 Å². The Morgan fingerprint density at radius 3 is 2.80 bits per heavy atom. The number of benzene rings is 1. The van der Waals surface area contributed by atoms with Crippen molar-refractivity contribution in [1.82, 2.24) is 4.90 Å². The van der Waals surface area contributed by atoms with Gasteiger partial charge in [0, 0.05) is 0 Å². The number of fused-ring (bicyclic) bond motifs is 1. The van der Waals surface area contributed by atoms with Crippen LogP contribution in [0.4, 0.5) is 0 Å².